The summed E-state index contributed by atoms with van der Waals surface area (Å²) in [6.07, 6.45) is 3.14. The lowest BCUT2D eigenvalue weighted by Crippen LogP contribution is -2.32. The molecule has 1 N–H and O–H groups in total. The van der Waals surface area contributed by atoms with E-state index in [1.54, 1.807) is 17.1 Å². The lowest BCUT2D eigenvalue weighted by Gasteiger charge is -2.18. The van der Waals surface area contributed by atoms with Crippen molar-refractivity contribution in [3.05, 3.63) is 90.6 Å². The quantitative estimate of drug-likeness (QED) is 0.605. The normalized spacial score (nSPS) is 12.0. The molecular formula is C20H17N5O. The third-order valence-electron chi connectivity index (χ3n) is 4.23. The Balaban J connectivity index is 1.54. The number of para-hydroxylation sites is 1. The second kappa shape index (κ2) is 7.14. The number of fused-ring (bicyclic) bond motifs is 1. The van der Waals surface area contributed by atoms with Crippen LogP contribution in [-0.4, -0.2) is 32.2 Å². The number of carbonyl (C=O) groups is 1. The third-order valence-corrected chi connectivity index (χ3v) is 4.23. The van der Waals surface area contributed by atoms with Gasteiger partial charge < -0.3 is 5.32 Å². The first-order chi connectivity index (χ1) is 12.8. The van der Waals surface area contributed by atoms with Crippen molar-refractivity contribution in [3.8, 4) is 0 Å². The first kappa shape index (κ1) is 16.0. The highest BCUT2D eigenvalue weighted by Gasteiger charge is 2.16. The zero-order chi connectivity index (χ0) is 17.8. The Labute approximate surface area is 150 Å². The van der Waals surface area contributed by atoms with Crippen molar-refractivity contribution < 1.29 is 4.79 Å². The van der Waals surface area contributed by atoms with Gasteiger partial charge in [0.05, 0.1) is 11.6 Å². The summed E-state index contributed by atoms with van der Waals surface area (Å²) in [7, 11) is 0. The van der Waals surface area contributed by atoms with Crippen molar-refractivity contribution in [1.29, 1.82) is 0 Å². The third kappa shape index (κ3) is 3.30. The standard InChI is InChI=1S/C20H17N5O/c26-20(18-11-10-15-6-4-5-9-17(15)24-18)22-12-19(25-14-21-13-23-25)16-7-2-1-3-8-16/h1-11,13-14,19H,12H2,(H,22,26). The Morgan fingerprint density at radius 1 is 1.00 bits per heavy atom. The summed E-state index contributed by atoms with van der Waals surface area (Å²) in [5.74, 6) is -0.211. The molecule has 2 aromatic heterocycles. The van der Waals surface area contributed by atoms with E-state index in [0.717, 1.165) is 16.5 Å². The van der Waals surface area contributed by atoms with Crippen LogP contribution in [0.2, 0.25) is 0 Å². The van der Waals surface area contributed by atoms with E-state index in [4.69, 9.17) is 0 Å². The van der Waals surface area contributed by atoms with Gasteiger partial charge in [0, 0.05) is 11.9 Å². The van der Waals surface area contributed by atoms with Crippen molar-refractivity contribution in [2.75, 3.05) is 6.54 Å². The van der Waals surface area contributed by atoms with E-state index in [9.17, 15) is 4.79 Å². The van der Waals surface area contributed by atoms with Crippen LogP contribution >= 0.6 is 0 Å². The number of hydrogen-bond donors (Lipinski definition) is 1. The van der Waals surface area contributed by atoms with Gasteiger partial charge in [0.1, 0.15) is 18.3 Å². The average Bonchev–Trinajstić information content (AvgIpc) is 3.23. The molecule has 128 valence electrons. The SMILES string of the molecule is O=C(NCC(c1ccccc1)n1cncn1)c1ccc2ccccc2n1. The van der Waals surface area contributed by atoms with Crippen LogP contribution in [0.15, 0.2) is 79.4 Å². The molecule has 0 bridgehead atoms. The van der Waals surface area contributed by atoms with E-state index < -0.39 is 0 Å². The minimum absolute atomic E-state index is 0.136. The Morgan fingerprint density at radius 3 is 2.62 bits per heavy atom. The molecule has 6 nitrogen and oxygen atoms in total. The van der Waals surface area contributed by atoms with Crippen LogP contribution in [0.3, 0.4) is 0 Å². The number of nitrogens with zero attached hydrogens (tertiary/aromatic N) is 4. The summed E-state index contributed by atoms with van der Waals surface area (Å²) < 4.78 is 1.74. The van der Waals surface area contributed by atoms with E-state index in [0.29, 0.717) is 12.2 Å². The molecule has 6 heteroatoms. The lowest BCUT2D eigenvalue weighted by atomic mass is 10.1. The van der Waals surface area contributed by atoms with Crippen LogP contribution < -0.4 is 5.32 Å². The predicted octanol–water partition coefficient (Wildman–Crippen LogP) is 2.85. The first-order valence-corrected chi connectivity index (χ1v) is 8.34. The maximum atomic E-state index is 12.6. The van der Waals surface area contributed by atoms with Gasteiger partial charge in [-0.2, -0.15) is 5.10 Å². The van der Waals surface area contributed by atoms with Crippen molar-refractivity contribution in [3.63, 3.8) is 0 Å². The molecule has 2 heterocycles. The summed E-state index contributed by atoms with van der Waals surface area (Å²) in [6, 6.07) is 21.1. The van der Waals surface area contributed by atoms with E-state index in [-0.39, 0.29) is 11.9 Å². The van der Waals surface area contributed by atoms with Crippen LogP contribution in [0.5, 0.6) is 0 Å². The fourth-order valence-corrected chi connectivity index (χ4v) is 2.89. The molecule has 4 rings (SSSR count). The Kier molecular flexibility index (Phi) is 4.38. The van der Waals surface area contributed by atoms with Crippen molar-refractivity contribution in [1.82, 2.24) is 25.1 Å². The van der Waals surface area contributed by atoms with Crippen LogP contribution in [0, 0.1) is 0 Å². The molecule has 2 aromatic carbocycles. The maximum absolute atomic E-state index is 12.6. The highest BCUT2D eigenvalue weighted by Crippen LogP contribution is 2.16. The Bertz CT molecular complexity index is 1010. The van der Waals surface area contributed by atoms with E-state index in [1.807, 2.05) is 60.7 Å². The largest absolute Gasteiger partial charge is 0.348 e. The molecule has 26 heavy (non-hydrogen) atoms. The Hall–Kier alpha value is -3.54. The van der Waals surface area contributed by atoms with Crippen molar-refractivity contribution in [2.45, 2.75) is 6.04 Å². The predicted molar refractivity (Wildman–Crippen MR) is 98.7 cm³/mol. The van der Waals surface area contributed by atoms with Gasteiger partial charge >= 0.3 is 0 Å². The summed E-state index contributed by atoms with van der Waals surface area (Å²) in [4.78, 5) is 21.0. The first-order valence-electron chi connectivity index (χ1n) is 8.34. The summed E-state index contributed by atoms with van der Waals surface area (Å²) in [6.45, 7) is 0.390. The summed E-state index contributed by atoms with van der Waals surface area (Å²) >= 11 is 0. The minimum Gasteiger partial charge on any atom is -0.348 e. The van der Waals surface area contributed by atoms with E-state index >= 15 is 0 Å². The number of pyridine rings is 1. The molecule has 1 unspecified atom stereocenters. The number of aromatic nitrogens is 4. The van der Waals surface area contributed by atoms with E-state index in [2.05, 4.69) is 20.4 Å². The lowest BCUT2D eigenvalue weighted by molar-refractivity contribution is 0.0944. The number of amides is 1. The van der Waals surface area contributed by atoms with Crippen molar-refractivity contribution >= 4 is 16.8 Å². The van der Waals surface area contributed by atoms with Gasteiger partial charge in [-0.15, -0.1) is 0 Å². The molecule has 0 fully saturated rings. The second-order valence-electron chi connectivity index (χ2n) is 5.90. The fourth-order valence-electron chi connectivity index (χ4n) is 2.89. The number of hydrogen-bond acceptors (Lipinski definition) is 4. The van der Waals surface area contributed by atoms with Crippen LogP contribution in [-0.2, 0) is 0 Å². The van der Waals surface area contributed by atoms with Gasteiger partial charge in [-0.1, -0.05) is 54.6 Å². The molecule has 0 aliphatic rings. The number of nitrogens with one attached hydrogen (secondary N) is 1. The van der Waals surface area contributed by atoms with Gasteiger partial charge in [-0.25, -0.2) is 14.6 Å². The summed E-state index contributed by atoms with van der Waals surface area (Å²) in [5.41, 5.74) is 2.25. The van der Waals surface area contributed by atoms with Crippen LogP contribution in [0.25, 0.3) is 10.9 Å². The zero-order valence-corrected chi connectivity index (χ0v) is 14.0. The molecule has 0 radical (unpaired) electrons. The van der Waals surface area contributed by atoms with Gasteiger partial charge in [0.15, 0.2) is 0 Å². The van der Waals surface area contributed by atoms with E-state index in [1.165, 1.54) is 6.33 Å². The number of benzene rings is 2. The average molecular weight is 343 g/mol. The number of rotatable bonds is 5. The van der Waals surface area contributed by atoms with Gasteiger partial charge in [-0.05, 0) is 17.7 Å². The Morgan fingerprint density at radius 2 is 1.81 bits per heavy atom. The molecule has 1 atom stereocenters. The maximum Gasteiger partial charge on any atom is 0.269 e. The minimum atomic E-state index is -0.211. The van der Waals surface area contributed by atoms with Crippen molar-refractivity contribution in [2.24, 2.45) is 0 Å². The summed E-state index contributed by atoms with van der Waals surface area (Å²) in [5, 5.41) is 8.19. The molecule has 0 saturated carbocycles. The molecule has 0 spiro atoms. The molecular weight excluding hydrogens is 326 g/mol. The fraction of sp³-hybridized carbons (Fsp3) is 0.100. The van der Waals surface area contributed by atoms with Gasteiger partial charge in [-0.3, -0.25) is 4.79 Å². The van der Waals surface area contributed by atoms with Gasteiger partial charge in [0.25, 0.3) is 5.91 Å². The second-order valence-corrected chi connectivity index (χ2v) is 5.90. The van der Waals surface area contributed by atoms with Crippen LogP contribution in [0.1, 0.15) is 22.1 Å². The molecule has 0 saturated heterocycles. The smallest absolute Gasteiger partial charge is 0.269 e. The zero-order valence-electron chi connectivity index (χ0n) is 14.0. The molecule has 0 aliphatic heterocycles. The monoisotopic (exact) mass is 343 g/mol. The van der Waals surface area contributed by atoms with Gasteiger partial charge in [0.2, 0.25) is 0 Å². The highest BCUT2D eigenvalue weighted by molar-refractivity contribution is 5.94. The molecule has 0 aliphatic carbocycles. The highest BCUT2D eigenvalue weighted by atomic mass is 16.1. The number of carbonyl (C=O) groups excluding carboxylic acids is 1. The topological polar surface area (TPSA) is 72.7 Å². The molecule has 4 aromatic rings. The molecule has 1 amide bonds. The van der Waals surface area contributed by atoms with Crippen LogP contribution in [0.4, 0.5) is 0 Å².